The van der Waals surface area contributed by atoms with Crippen molar-refractivity contribution in [2.75, 3.05) is 25.6 Å². The van der Waals surface area contributed by atoms with Gasteiger partial charge in [-0.15, -0.1) is 8.78 Å². The highest BCUT2D eigenvalue weighted by Gasteiger charge is 2.37. The van der Waals surface area contributed by atoms with E-state index >= 15 is 0 Å². The van der Waals surface area contributed by atoms with Gasteiger partial charge in [0.2, 0.25) is 0 Å². The van der Waals surface area contributed by atoms with Gasteiger partial charge in [-0.3, -0.25) is 9.53 Å². The van der Waals surface area contributed by atoms with Crippen LogP contribution < -0.4 is 15.2 Å². The molecule has 220 valence electrons. The lowest BCUT2D eigenvalue weighted by Gasteiger charge is -2.22. The molecule has 0 aliphatic heterocycles. The maximum absolute atomic E-state index is 14.4. The smallest absolute Gasteiger partial charge is 0.454 e. The van der Waals surface area contributed by atoms with Gasteiger partial charge in [0, 0.05) is 38.0 Å². The van der Waals surface area contributed by atoms with E-state index in [9.17, 15) is 18.4 Å². The molecule has 1 heterocycles. The summed E-state index contributed by atoms with van der Waals surface area (Å²) in [6, 6.07) is 16.8. The summed E-state index contributed by atoms with van der Waals surface area (Å²) in [5, 5.41) is 1.75. The van der Waals surface area contributed by atoms with Crippen LogP contribution in [0.4, 0.5) is 14.5 Å². The second-order valence-corrected chi connectivity index (χ2v) is 11.2. The summed E-state index contributed by atoms with van der Waals surface area (Å²) in [5.74, 6) is -0.747. The number of aromatic amines is 1. The molecular weight excluding hydrogens is 589 g/mol. The first-order chi connectivity index (χ1) is 20.0. The average Bonchev–Trinajstić information content (AvgIpc) is 3.80. The van der Waals surface area contributed by atoms with Crippen molar-refractivity contribution in [3.63, 3.8) is 0 Å². The third kappa shape index (κ3) is 7.21. The first-order valence-electron chi connectivity index (χ1n) is 13.3. The van der Waals surface area contributed by atoms with E-state index in [1.807, 2.05) is 43.3 Å². The van der Waals surface area contributed by atoms with Gasteiger partial charge in [0.15, 0.2) is 0 Å². The van der Waals surface area contributed by atoms with Gasteiger partial charge in [-0.05, 0) is 71.5 Å². The van der Waals surface area contributed by atoms with Crippen molar-refractivity contribution in [2.45, 2.75) is 31.7 Å². The van der Waals surface area contributed by atoms with Crippen LogP contribution in [0.25, 0.3) is 10.8 Å². The number of benzene rings is 3. The van der Waals surface area contributed by atoms with Crippen LogP contribution in [-0.2, 0) is 15.9 Å². The van der Waals surface area contributed by atoms with E-state index in [2.05, 4.69) is 9.72 Å². The van der Waals surface area contributed by atoms with Gasteiger partial charge < -0.3 is 19.4 Å². The molecule has 0 radical (unpaired) electrons. The molecule has 1 saturated carbocycles. The molecule has 42 heavy (non-hydrogen) atoms. The second-order valence-electron chi connectivity index (χ2n) is 10.4. The Labute approximate surface area is 250 Å². The third-order valence-corrected chi connectivity index (χ3v) is 7.68. The molecule has 11 heteroatoms. The fourth-order valence-electron chi connectivity index (χ4n) is 4.40. The van der Waals surface area contributed by atoms with Crippen LogP contribution in [0, 0.1) is 5.92 Å². The number of pyridine rings is 1. The molecular formula is C31H28Cl2F2N2O5. The SMILES string of the molecule is CN(C)c1ccc2cc(C(=O)OC(Cc3c(Cl)c[nH]c(=O)c3Cl)c3cccc(OC(F)(F)OCC4CC4)c3)ccc2c1. The predicted octanol–water partition coefficient (Wildman–Crippen LogP) is 7.40. The molecule has 1 aliphatic rings. The standard InChI is InChI=1S/C31H28Cl2F2N2O5/c1-37(2)23-11-10-19-12-22(9-8-20(19)13-23)30(39)41-27(15-25-26(32)16-36-29(38)28(25)33)21-4-3-5-24(14-21)42-31(34,35)40-17-18-6-7-18/h3-5,8-14,16,18,27H,6-7,15,17H2,1-2H3,(H,36,38). The number of hydrogen-bond donors (Lipinski definition) is 1. The highest BCUT2D eigenvalue weighted by molar-refractivity contribution is 6.35. The fourth-order valence-corrected chi connectivity index (χ4v) is 4.91. The maximum atomic E-state index is 14.4. The van der Waals surface area contributed by atoms with Crippen LogP contribution in [0.15, 0.2) is 71.7 Å². The molecule has 1 aliphatic carbocycles. The molecule has 0 bridgehead atoms. The van der Waals surface area contributed by atoms with Crippen molar-refractivity contribution in [1.29, 1.82) is 0 Å². The second kappa shape index (κ2) is 12.3. The third-order valence-electron chi connectivity index (χ3n) is 6.95. The number of nitrogens with zero attached hydrogens (tertiary/aromatic N) is 1. The Morgan fingerprint density at radius 1 is 1.07 bits per heavy atom. The topological polar surface area (TPSA) is 80.9 Å². The van der Waals surface area contributed by atoms with Crippen LogP contribution >= 0.6 is 23.2 Å². The maximum Gasteiger partial charge on any atom is 0.535 e. The minimum Gasteiger partial charge on any atom is -0.454 e. The Kier molecular flexibility index (Phi) is 8.73. The van der Waals surface area contributed by atoms with E-state index in [1.54, 1.807) is 18.2 Å². The molecule has 1 aromatic heterocycles. The Bertz CT molecular complexity index is 1670. The van der Waals surface area contributed by atoms with Gasteiger partial charge in [-0.25, -0.2) is 4.79 Å². The summed E-state index contributed by atoms with van der Waals surface area (Å²) in [6.45, 7) is -0.102. The quantitative estimate of drug-likeness (QED) is 0.140. The molecule has 1 fully saturated rings. The van der Waals surface area contributed by atoms with Gasteiger partial charge in [0.1, 0.15) is 16.9 Å². The van der Waals surface area contributed by atoms with Crippen molar-refractivity contribution >= 4 is 45.6 Å². The molecule has 7 nitrogen and oxygen atoms in total. The lowest BCUT2D eigenvalue weighted by molar-refractivity contribution is -0.354. The molecule has 1 N–H and O–H groups in total. The highest BCUT2D eigenvalue weighted by atomic mass is 35.5. The van der Waals surface area contributed by atoms with Gasteiger partial charge in [-0.2, -0.15) is 0 Å². The number of nitrogens with one attached hydrogen (secondary N) is 1. The molecule has 0 spiro atoms. The number of aromatic nitrogens is 1. The van der Waals surface area contributed by atoms with Crippen LogP contribution in [-0.4, -0.2) is 38.0 Å². The summed E-state index contributed by atoms with van der Waals surface area (Å²) in [6.07, 6.45) is -2.03. The number of halogens is 4. The zero-order valence-corrected chi connectivity index (χ0v) is 24.3. The summed E-state index contributed by atoms with van der Waals surface area (Å²) >= 11 is 12.6. The largest absolute Gasteiger partial charge is 0.535 e. The number of carbonyl (C=O) groups is 1. The van der Waals surface area contributed by atoms with Gasteiger partial charge >= 0.3 is 12.3 Å². The first kappa shape index (κ1) is 29.8. The van der Waals surface area contributed by atoms with Crippen molar-refractivity contribution in [3.8, 4) is 5.75 Å². The van der Waals surface area contributed by atoms with E-state index in [1.165, 1.54) is 24.4 Å². The molecule has 4 aromatic rings. The average molecular weight is 617 g/mol. The van der Waals surface area contributed by atoms with Crippen molar-refractivity contribution in [3.05, 3.63) is 104 Å². The summed E-state index contributed by atoms with van der Waals surface area (Å²) in [5.41, 5.74) is 1.27. The van der Waals surface area contributed by atoms with E-state index in [4.69, 9.17) is 32.7 Å². The van der Waals surface area contributed by atoms with Crippen LogP contribution in [0.2, 0.25) is 10.0 Å². The van der Waals surface area contributed by atoms with Gasteiger partial charge in [-0.1, -0.05) is 47.5 Å². The normalized spacial score (nSPS) is 14.0. The van der Waals surface area contributed by atoms with Gasteiger partial charge in [0.25, 0.3) is 5.56 Å². The Morgan fingerprint density at radius 2 is 1.81 bits per heavy atom. The molecule has 1 atom stereocenters. The molecule has 1 unspecified atom stereocenters. The number of anilines is 1. The Morgan fingerprint density at radius 3 is 2.55 bits per heavy atom. The monoisotopic (exact) mass is 616 g/mol. The van der Waals surface area contributed by atoms with Crippen molar-refractivity contribution in [1.82, 2.24) is 4.98 Å². The molecule has 3 aromatic carbocycles. The van der Waals surface area contributed by atoms with E-state index in [-0.39, 0.29) is 45.9 Å². The first-order valence-corrected chi connectivity index (χ1v) is 14.0. The number of fused-ring (bicyclic) bond motifs is 1. The summed E-state index contributed by atoms with van der Waals surface area (Å²) in [4.78, 5) is 30.0. The highest BCUT2D eigenvalue weighted by Crippen LogP contribution is 2.35. The summed E-state index contributed by atoms with van der Waals surface area (Å²) in [7, 11) is 3.88. The zero-order valence-electron chi connectivity index (χ0n) is 22.8. The minimum absolute atomic E-state index is 0.102. The van der Waals surface area contributed by atoms with Crippen LogP contribution in [0.5, 0.6) is 5.75 Å². The number of alkyl halides is 2. The number of hydrogen-bond acceptors (Lipinski definition) is 6. The minimum atomic E-state index is -3.84. The van der Waals surface area contributed by atoms with Gasteiger partial charge in [0.05, 0.1) is 17.2 Å². The van der Waals surface area contributed by atoms with E-state index < -0.39 is 23.9 Å². The Balaban J connectivity index is 1.44. The number of esters is 1. The number of H-pyrrole nitrogens is 1. The predicted molar refractivity (Wildman–Crippen MR) is 158 cm³/mol. The van der Waals surface area contributed by atoms with Crippen molar-refractivity contribution < 1.29 is 27.8 Å². The lowest BCUT2D eigenvalue weighted by atomic mass is 10.0. The van der Waals surface area contributed by atoms with Crippen LogP contribution in [0.1, 0.15) is 40.4 Å². The zero-order chi connectivity index (χ0) is 30.0. The number of ether oxygens (including phenoxy) is 3. The van der Waals surface area contributed by atoms with Crippen molar-refractivity contribution in [2.24, 2.45) is 5.92 Å². The number of carbonyl (C=O) groups excluding carboxylic acids is 1. The van der Waals surface area contributed by atoms with E-state index in [0.29, 0.717) is 5.56 Å². The molecule has 0 amide bonds. The summed E-state index contributed by atoms with van der Waals surface area (Å²) < 4.78 is 44.1. The molecule has 0 saturated heterocycles. The lowest BCUT2D eigenvalue weighted by Crippen LogP contribution is -2.29. The fraction of sp³-hybridized carbons (Fsp3) is 0.290. The van der Waals surface area contributed by atoms with Crippen LogP contribution in [0.3, 0.4) is 0 Å². The molecule has 5 rings (SSSR count). The Hall–Kier alpha value is -3.66. The number of rotatable bonds is 11. The van der Waals surface area contributed by atoms with E-state index in [0.717, 1.165) is 29.3 Å².